The lowest BCUT2D eigenvalue weighted by molar-refractivity contribution is -0.140. The number of hydrogen-bond acceptors (Lipinski definition) is 5. The van der Waals surface area contributed by atoms with Gasteiger partial charge in [0.05, 0.1) is 19.1 Å². The van der Waals surface area contributed by atoms with Gasteiger partial charge in [0.15, 0.2) is 0 Å². The molecule has 0 aromatic heterocycles. The monoisotopic (exact) mass is 579 g/mol. The minimum atomic E-state index is -3.82. The van der Waals surface area contributed by atoms with E-state index in [0.717, 1.165) is 45.7 Å². The Hall–Kier alpha value is -3.85. The van der Waals surface area contributed by atoms with Gasteiger partial charge in [-0.15, -0.1) is 0 Å². The largest absolute Gasteiger partial charge is 0.497 e. The second kappa shape index (κ2) is 14.7. The van der Waals surface area contributed by atoms with E-state index in [1.165, 1.54) is 4.90 Å². The third-order valence-electron chi connectivity index (χ3n) is 6.89. The highest BCUT2D eigenvalue weighted by Gasteiger charge is 2.33. The summed E-state index contributed by atoms with van der Waals surface area (Å²) < 4.78 is 32.5. The third-order valence-corrected chi connectivity index (χ3v) is 8.01. The van der Waals surface area contributed by atoms with Crippen molar-refractivity contribution in [1.29, 1.82) is 0 Å². The average Bonchev–Trinajstić information content (AvgIpc) is 2.94. The van der Waals surface area contributed by atoms with Crippen molar-refractivity contribution in [3.63, 3.8) is 0 Å². The van der Waals surface area contributed by atoms with Crippen LogP contribution in [0.3, 0.4) is 0 Å². The third kappa shape index (κ3) is 9.08. The van der Waals surface area contributed by atoms with E-state index in [4.69, 9.17) is 4.74 Å². The number of unbranched alkanes of at least 4 members (excludes halogenated alkanes) is 1. The Morgan fingerprint density at radius 1 is 0.951 bits per heavy atom. The van der Waals surface area contributed by atoms with Crippen LogP contribution in [0.5, 0.6) is 5.75 Å². The smallest absolute Gasteiger partial charge is 0.244 e. The molecule has 3 rings (SSSR count). The van der Waals surface area contributed by atoms with Crippen LogP contribution in [0.1, 0.15) is 42.0 Å². The number of anilines is 1. The fourth-order valence-corrected chi connectivity index (χ4v) is 5.61. The van der Waals surface area contributed by atoms with Gasteiger partial charge in [-0.1, -0.05) is 73.5 Å². The summed E-state index contributed by atoms with van der Waals surface area (Å²) in [6, 6.07) is 21.3. The minimum Gasteiger partial charge on any atom is -0.497 e. The van der Waals surface area contributed by atoms with Crippen molar-refractivity contribution in [1.82, 2.24) is 10.2 Å². The van der Waals surface area contributed by atoms with Gasteiger partial charge in [0, 0.05) is 19.5 Å². The second-order valence-corrected chi connectivity index (χ2v) is 12.2. The van der Waals surface area contributed by atoms with Crippen molar-refractivity contribution >= 4 is 27.5 Å². The standard InChI is InChI=1S/C32H41N3O5S/c1-6-7-18-33-32(37)30(21-26-12-9-8-10-13-26)34(22-27-14-11-15-28(20-27)40-4)31(36)23-35(41(5,38)39)29-17-16-24(2)19-25(29)3/h8-17,19-20,30H,6-7,18,21-23H2,1-5H3,(H,33,37). The maximum atomic E-state index is 14.2. The number of nitrogens with zero attached hydrogens (tertiary/aromatic N) is 2. The number of carbonyl (C=O) groups excluding carboxylic acids is 2. The van der Waals surface area contributed by atoms with Crippen molar-refractivity contribution in [2.24, 2.45) is 0 Å². The first-order chi connectivity index (χ1) is 19.5. The quantitative estimate of drug-likeness (QED) is 0.281. The van der Waals surface area contributed by atoms with Crippen LogP contribution >= 0.6 is 0 Å². The highest BCUT2D eigenvalue weighted by molar-refractivity contribution is 7.92. The number of rotatable bonds is 14. The summed E-state index contributed by atoms with van der Waals surface area (Å²) in [6.07, 6.45) is 3.08. The maximum Gasteiger partial charge on any atom is 0.244 e. The Morgan fingerprint density at radius 2 is 1.66 bits per heavy atom. The topological polar surface area (TPSA) is 96.0 Å². The van der Waals surface area contributed by atoms with E-state index in [-0.39, 0.29) is 18.9 Å². The number of nitrogens with one attached hydrogen (secondary N) is 1. The molecule has 0 heterocycles. The van der Waals surface area contributed by atoms with Crippen molar-refractivity contribution in [2.75, 3.05) is 30.8 Å². The summed E-state index contributed by atoms with van der Waals surface area (Å²) >= 11 is 0. The molecule has 0 aliphatic heterocycles. The molecule has 1 atom stereocenters. The highest BCUT2D eigenvalue weighted by Crippen LogP contribution is 2.25. The molecule has 9 heteroatoms. The van der Waals surface area contributed by atoms with E-state index in [1.54, 1.807) is 19.2 Å². The van der Waals surface area contributed by atoms with Crippen LogP contribution in [0.15, 0.2) is 72.8 Å². The molecule has 2 amide bonds. The SMILES string of the molecule is CCCCNC(=O)C(Cc1ccccc1)N(Cc1cccc(OC)c1)C(=O)CN(c1ccc(C)cc1C)S(C)(=O)=O. The molecule has 0 fully saturated rings. The van der Waals surface area contributed by atoms with Gasteiger partial charge in [-0.05, 0) is 55.2 Å². The van der Waals surface area contributed by atoms with Crippen LogP contribution in [-0.2, 0) is 32.6 Å². The number of methoxy groups -OCH3 is 1. The van der Waals surface area contributed by atoms with Gasteiger partial charge in [0.25, 0.3) is 0 Å². The molecule has 0 saturated carbocycles. The first-order valence-electron chi connectivity index (χ1n) is 13.8. The van der Waals surface area contributed by atoms with Crippen LogP contribution < -0.4 is 14.4 Å². The predicted molar refractivity (Wildman–Crippen MR) is 164 cm³/mol. The second-order valence-electron chi connectivity index (χ2n) is 10.3. The molecule has 0 aliphatic rings. The lowest BCUT2D eigenvalue weighted by Gasteiger charge is -2.34. The average molecular weight is 580 g/mol. The first kappa shape index (κ1) is 31.7. The molecule has 0 spiro atoms. The molecule has 8 nitrogen and oxygen atoms in total. The summed E-state index contributed by atoms with van der Waals surface area (Å²) in [7, 11) is -2.26. The summed E-state index contributed by atoms with van der Waals surface area (Å²) in [5.74, 6) is -0.143. The Morgan fingerprint density at radius 3 is 2.29 bits per heavy atom. The van der Waals surface area contributed by atoms with Gasteiger partial charge in [0.2, 0.25) is 21.8 Å². The van der Waals surface area contributed by atoms with Crippen LogP contribution in [-0.4, -0.2) is 57.6 Å². The molecule has 220 valence electrons. The first-order valence-corrected chi connectivity index (χ1v) is 15.7. The van der Waals surface area contributed by atoms with Gasteiger partial charge in [-0.3, -0.25) is 13.9 Å². The fraction of sp³-hybridized carbons (Fsp3) is 0.375. The summed E-state index contributed by atoms with van der Waals surface area (Å²) in [5.41, 5.74) is 3.80. The molecule has 0 saturated heterocycles. The van der Waals surface area contributed by atoms with Crippen molar-refractivity contribution < 1.29 is 22.7 Å². The Labute approximate surface area is 244 Å². The number of amides is 2. The Balaban J connectivity index is 2.06. The fourth-order valence-electron chi connectivity index (χ4n) is 4.71. The van der Waals surface area contributed by atoms with E-state index in [9.17, 15) is 18.0 Å². The number of carbonyl (C=O) groups is 2. The zero-order chi connectivity index (χ0) is 30.0. The van der Waals surface area contributed by atoms with Crippen molar-refractivity contribution in [2.45, 2.75) is 52.6 Å². The lowest BCUT2D eigenvalue weighted by Crippen LogP contribution is -2.53. The van der Waals surface area contributed by atoms with Gasteiger partial charge in [0.1, 0.15) is 18.3 Å². The van der Waals surface area contributed by atoms with E-state index >= 15 is 0 Å². The van der Waals surface area contributed by atoms with Crippen molar-refractivity contribution in [3.8, 4) is 5.75 Å². The molecule has 41 heavy (non-hydrogen) atoms. The van der Waals surface area contributed by atoms with E-state index in [1.807, 2.05) is 81.4 Å². The number of ether oxygens (including phenoxy) is 1. The number of benzene rings is 3. The van der Waals surface area contributed by atoms with Gasteiger partial charge in [-0.2, -0.15) is 0 Å². The summed E-state index contributed by atoms with van der Waals surface area (Å²) in [6.45, 7) is 5.92. The zero-order valence-electron chi connectivity index (χ0n) is 24.6. The van der Waals surface area contributed by atoms with E-state index in [0.29, 0.717) is 18.0 Å². The van der Waals surface area contributed by atoms with Crippen LogP contribution in [0.25, 0.3) is 0 Å². The molecule has 0 bridgehead atoms. The lowest BCUT2D eigenvalue weighted by atomic mass is 10.0. The van der Waals surface area contributed by atoms with Crippen LogP contribution in [0.2, 0.25) is 0 Å². The Kier molecular flexibility index (Phi) is 11.3. The molecule has 0 radical (unpaired) electrons. The molecule has 0 aliphatic carbocycles. The maximum absolute atomic E-state index is 14.2. The normalized spacial score (nSPS) is 11.9. The van der Waals surface area contributed by atoms with Crippen molar-refractivity contribution in [3.05, 3.63) is 95.1 Å². The zero-order valence-corrected chi connectivity index (χ0v) is 25.4. The van der Waals surface area contributed by atoms with Crippen LogP contribution in [0.4, 0.5) is 5.69 Å². The molecular weight excluding hydrogens is 538 g/mol. The van der Waals surface area contributed by atoms with Gasteiger partial charge in [-0.25, -0.2) is 8.42 Å². The predicted octanol–water partition coefficient (Wildman–Crippen LogP) is 4.63. The molecule has 1 unspecified atom stereocenters. The summed E-state index contributed by atoms with van der Waals surface area (Å²) in [5, 5.41) is 2.99. The minimum absolute atomic E-state index is 0.0964. The summed E-state index contributed by atoms with van der Waals surface area (Å²) in [4.78, 5) is 29.3. The highest BCUT2D eigenvalue weighted by atomic mass is 32.2. The van der Waals surface area contributed by atoms with E-state index in [2.05, 4.69) is 5.32 Å². The van der Waals surface area contributed by atoms with Gasteiger partial charge >= 0.3 is 0 Å². The Bertz CT molecular complexity index is 1430. The number of aryl methyl sites for hydroxylation is 2. The van der Waals surface area contributed by atoms with Crippen LogP contribution in [0, 0.1) is 13.8 Å². The molecule has 3 aromatic carbocycles. The molecule has 3 aromatic rings. The number of hydrogen-bond donors (Lipinski definition) is 1. The molecular formula is C32H41N3O5S. The van der Waals surface area contributed by atoms with E-state index < -0.39 is 28.5 Å². The molecule has 1 N–H and O–H groups in total. The van der Waals surface area contributed by atoms with Gasteiger partial charge < -0.3 is 15.0 Å². The number of sulfonamides is 1.